The van der Waals surface area contributed by atoms with Crippen molar-refractivity contribution < 1.29 is 4.79 Å². The Morgan fingerprint density at radius 3 is 2.76 bits per heavy atom. The van der Waals surface area contributed by atoms with E-state index in [9.17, 15) is 4.79 Å². The summed E-state index contributed by atoms with van der Waals surface area (Å²) < 4.78 is 0. The van der Waals surface area contributed by atoms with E-state index >= 15 is 0 Å². The zero-order valence-electron chi connectivity index (χ0n) is 13.4. The van der Waals surface area contributed by atoms with Crippen molar-refractivity contribution in [1.82, 2.24) is 5.32 Å². The molecule has 1 aromatic carbocycles. The van der Waals surface area contributed by atoms with Crippen molar-refractivity contribution in [3.63, 3.8) is 0 Å². The Morgan fingerprint density at radius 1 is 1.29 bits per heavy atom. The van der Waals surface area contributed by atoms with Gasteiger partial charge in [0.15, 0.2) is 0 Å². The Balaban J connectivity index is 1.82. The van der Waals surface area contributed by atoms with Crippen molar-refractivity contribution in [2.45, 2.75) is 52.4 Å². The molecular formula is C18H28N2O. The van der Waals surface area contributed by atoms with Gasteiger partial charge >= 0.3 is 0 Å². The molecule has 116 valence electrons. The Kier molecular flexibility index (Phi) is 6.09. The highest BCUT2D eigenvalue weighted by molar-refractivity contribution is 5.99. The molecule has 0 radical (unpaired) electrons. The molecule has 0 heterocycles. The van der Waals surface area contributed by atoms with Crippen molar-refractivity contribution in [1.29, 1.82) is 0 Å². The molecular weight excluding hydrogens is 260 g/mol. The minimum atomic E-state index is 0.0427. The van der Waals surface area contributed by atoms with Gasteiger partial charge < -0.3 is 10.6 Å². The van der Waals surface area contributed by atoms with Crippen LogP contribution < -0.4 is 10.6 Å². The highest BCUT2D eigenvalue weighted by Gasteiger charge is 2.15. The van der Waals surface area contributed by atoms with Gasteiger partial charge in [0.1, 0.15) is 0 Å². The summed E-state index contributed by atoms with van der Waals surface area (Å²) >= 11 is 0. The molecule has 1 aliphatic carbocycles. The lowest BCUT2D eigenvalue weighted by molar-refractivity contribution is 0.0953. The van der Waals surface area contributed by atoms with Crippen LogP contribution in [0.1, 0.15) is 61.4 Å². The molecule has 3 nitrogen and oxygen atoms in total. The van der Waals surface area contributed by atoms with Gasteiger partial charge in [0.2, 0.25) is 0 Å². The number of aryl methyl sites for hydroxylation is 1. The van der Waals surface area contributed by atoms with Crippen LogP contribution in [0.2, 0.25) is 0 Å². The number of carbonyl (C=O) groups is 1. The van der Waals surface area contributed by atoms with Gasteiger partial charge in [-0.3, -0.25) is 4.79 Å². The summed E-state index contributed by atoms with van der Waals surface area (Å²) in [6.45, 7) is 5.68. The van der Waals surface area contributed by atoms with Crippen LogP contribution in [0.25, 0.3) is 0 Å². The maximum absolute atomic E-state index is 12.3. The van der Waals surface area contributed by atoms with Gasteiger partial charge in [-0.05, 0) is 44.7 Å². The second-order valence-corrected chi connectivity index (χ2v) is 6.13. The minimum absolute atomic E-state index is 0.0427. The van der Waals surface area contributed by atoms with E-state index in [1.807, 2.05) is 32.0 Å². The Labute approximate surface area is 128 Å². The first kappa shape index (κ1) is 15.9. The van der Waals surface area contributed by atoms with Crippen molar-refractivity contribution in [3.05, 3.63) is 29.3 Å². The van der Waals surface area contributed by atoms with Crippen molar-refractivity contribution in [2.24, 2.45) is 5.92 Å². The average Bonchev–Trinajstić information content (AvgIpc) is 2.99. The van der Waals surface area contributed by atoms with E-state index in [1.165, 1.54) is 32.1 Å². The first-order valence-corrected chi connectivity index (χ1v) is 8.33. The second-order valence-electron chi connectivity index (χ2n) is 6.13. The summed E-state index contributed by atoms with van der Waals surface area (Å²) in [5, 5.41) is 6.33. The van der Waals surface area contributed by atoms with Gasteiger partial charge in [-0.1, -0.05) is 37.3 Å². The molecule has 0 bridgehead atoms. The molecule has 0 unspecified atom stereocenters. The maximum Gasteiger partial charge on any atom is 0.253 e. The van der Waals surface area contributed by atoms with Crippen LogP contribution >= 0.6 is 0 Å². The van der Waals surface area contributed by atoms with Crippen LogP contribution in [0.15, 0.2) is 18.2 Å². The third kappa shape index (κ3) is 4.76. The zero-order chi connectivity index (χ0) is 15.1. The molecule has 2 N–H and O–H groups in total. The normalized spacial score (nSPS) is 15.1. The molecule has 21 heavy (non-hydrogen) atoms. The molecule has 1 aliphatic rings. The van der Waals surface area contributed by atoms with Crippen LogP contribution in [0.4, 0.5) is 5.69 Å². The number of amides is 1. The van der Waals surface area contributed by atoms with E-state index < -0.39 is 0 Å². The number of benzene rings is 1. The SMILES string of the molecule is CCNc1ccc(C)cc1C(=O)NCCCC1CCCC1. The van der Waals surface area contributed by atoms with Crippen LogP contribution in [-0.4, -0.2) is 19.0 Å². The summed E-state index contributed by atoms with van der Waals surface area (Å²) in [5.41, 5.74) is 2.81. The summed E-state index contributed by atoms with van der Waals surface area (Å²) in [6, 6.07) is 5.99. The van der Waals surface area contributed by atoms with Crippen molar-refractivity contribution in [3.8, 4) is 0 Å². The second kappa shape index (κ2) is 8.06. The van der Waals surface area contributed by atoms with Crippen LogP contribution in [0.5, 0.6) is 0 Å². The molecule has 1 saturated carbocycles. The number of anilines is 1. The smallest absolute Gasteiger partial charge is 0.253 e. The lowest BCUT2D eigenvalue weighted by Crippen LogP contribution is -2.26. The van der Waals surface area contributed by atoms with Gasteiger partial charge in [-0.15, -0.1) is 0 Å². The summed E-state index contributed by atoms with van der Waals surface area (Å²) in [7, 11) is 0. The molecule has 0 spiro atoms. The quantitative estimate of drug-likeness (QED) is 0.741. The zero-order valence-corrected chi connectivity index (χ0v) is 13.4. The van der Waals surface area contributed by atoms with Crippen LogP contribution in [-0.2, 0) is 0 Å². The van der Waals surface area contributed by atoms with Crippen LogP contribution in [0, 0.1) is 12.8 Å². The topological polar surface area (TPSA) is 41.1 Å². The van der Waals surface area contributed by atoms with E-state index in [0.717, 1.165) is 42.2 Å². The molecule has 1 aromatic rings. The predicted molar refractivity (Wildman–Crippen MR) is 88.9 cm³/mol. The molecule has 1 fully saturated rings. The Morgan fingerprint density at radius 2 is 2.05 bits per heavy atom. The minimum Gasteiger partial charge on any atom is -0.385 e. The average molecular weight is 288 g/mol. The van der Waals surface area contributed by atoms with Gasteiger partial charge in [-0.2, -0.15) is 0 Å². The van der Waals surface area contributed by atoms with Crippen LogP contribution in [0.3, 0.4) is 0 Å². The fraction of sp³-hybridized carbons (Fsp3) is 0.611. The van der Waals surface area contributed by atoms with Gasteiger partial charge in [0.25, 0.3) is 5.91 Å². The molecule has 0 saturated heterocycles. The first-order chi connectivity index (χ1) is 10.2. The summed E-state index contributed by atoms with van der Waals surface area (Å²) in [6.07, 6.45) is 7.92. The Bertz CT molecular complexity index is 464. The predicted octanol–water partition coefficient (Wildman–Crippen LogP) is 4.13. The van der Waals surface area contributed by atoms with Gasteiger partial charge in [0.05, 0.1) is 5.56 Å². The van der Waals surface area contributed by atoms with E-state index in [0.29, 0.717) is 0 Å². The monoisotopic (exact) mass is 288 g/mol. The Hall–Kier alpha value is -1.51. The molecule has 0 aromatic heterocycles. The number of carbonyl (C=O) groups excluding carboxylic acids is 1. The molecule has 0 aliphatic heterocycles. The maximum atomic E-state index is 12.3. The number of nitrogens with one attached hydrogen (secondary N) is 2. The van der Waals surface area contributed by atoms with E-state index in [-0.39, 0.29) is 5.91 Å². The highest BCUT2D eigenvalue weighted by atomic mass is 16.1. The highest BCUT2D eigenvalue weighted by Crippen LogP contribution is 2.28. The third-order valence-electron chi connectivity index (χ3n) is 4.34. The molecule has 0 atom stereocenters. The summed E-state index contributed by atoms with van der Waals surface area (Å²) in [5.74, 6) is 0.944. The fourth-order valence-corrected chi connectivity index (χ4v) is 3.18. The van der Waals surface area contributed by atoms with E-state index in [2.05, 4.69) is 10.6 Å². The number of rotatable bonds is 7. The molecule has 2 rings (SSSR count). The van der Waals surface area contributed by atoms with Gasteiger partial charge in [-0.25, -0.2) is 0 Å². The van der Waals surface area contributed by atoms with Gasteiger partial charge in [0, 0.05) is 18.8 Å². The largest absolute Gasteiger partial charge is 0.385 e. The number of hydrogen-bond acceptors (Lipinski definition) is 2. The lowest BCUT2D eigenvalue weighted by Gasteiger charge is -2.13. The van der Waals surface area contributed by atoms with E-state index in [1.54, 1.807) is 0 Å². The van der Waals surface area contributed by atoms with Crippen molar-refractivity contribution >= 4 is 11.6 Å². The van der Waals surface area contributed by atoms with E-state index in [4.69, 9.17) is 0 Å². The lowest BCUT2D eigenvalue weighted by atomic mass is 10.0. The third-order valence-corrected chi connectivity index (χ3v) is 4.34. The summed E-state index contributed by atoms with van der Waals surface area (Å²) in [4.78, 5) is 12.3. The standard InChI is InChI=1S/C18H28N2O/c1-3-19-17-11-10-14(2)13-16(17)18(21)20-12-6-9-15-7-4-5-8-15/h10-11,13,15,19H,3-9,12H2,1-2H3,(H,20,21). The fourth-order valence-electron chi connectivity index (χ4n) is 3.18. The molecule has 1 amide bonds. The first-order valence-electron chi connectivity index (χ1n) is 8.33. The number of hydrogen-bond donors (Lipinski definition) is 2. The van der Waals surface area contributed by atoms with Crippen molar-refractivity contribution in [2.75, 3.05) is 18.4 Å². The molecule has 3 heteroatoms.